The van der Waals surface area contributed by atoms with Crippen LogP contribution in [0.4, 0.5) is 5.95 Å². The lowest BCUT2D eigenvalue weighted by molar-refractivity contribution is 0.278. The summed E-state index contributed by atoms with van der Waals surface area (Å²) < 4.78 is 31.2. The van der Waals surface area contributed by atoms with Gasteiger partial charge in [0.25, 0.3) is 0 Å². The highest BCUT2D eigenvalue weighted by atomic mass is 32.2. The SMILES string of the molecule is CS(=O)(=O)N1CCc2cc(OCCCC3CCN(c4ncc(-c5ccccc5)cn4)CC3)ccc2C1. The maximum Gasteiger partial charge on any atom is 0.225 e. The molecule has 0 saturated carbocycles. The summed E-state index contributed by atoms with van der Waals surface area (Å²) >= 11 is 0. The second-order valence-corrected chi connectivity index (χ2v) is 11.8. The van der Waals surface area contributed by atoms with Crippen molar-refractivity contribution in [2.24, 2.45) is 5.92 Å². The summed E-state index contributed by atoms with van der Waals surface area (Å²) in [5.41, 5.74) is 4.45. The predicted molar refractivity (Wildman–Crippen MR) is 143 cm³/mol. The third kappa shape index (κ3) is 6.05. The summed E-state index contributed by atoms with van der Waals surface area (Å²) in [5, 5.41) is 0. The van der Waals surface area contributed by atoms with Crippen LogP contribution in [0.3, 0.4) is 0 Å². The molecule has 0 aliphatic carbocycles. The number of rotatable bonds is 8. The Hall–Kier alpha value is -2.97. The Morgan fingerprint density at radius 2 is 1.69 bits per heavy atom. The van der Waals surface area contributed by atoms with Gasteiger partial charge in [0.1, 0.15) is 5.75 Å². The van der Waals surface area contributed by atoms with Gasteiger partial charge in [-0.05, 0) is 66.8 Å². The van der Waals surface area contributed by atoms with Crippen LogP contribution in [0.2, 0.25) is 0 Å². The first-order valence-electron chi connectivity index (χ1n) is 12.8. The number of anilines is 1. The lowest BCUT2D eigenvalue weighted by Gasteiger charge is -2.32. The molecular weight excluding hydrogens is 472 g/mol. The molecule has 5 rings (SSSR count). The van der Waals surface area contributed by atoms with Crippen molar-refractivity contribution in [1.29, 1.82) is 0 Å². The fourth-order valence-corrected chi connectivity index (χ4v) is 5.92. The van der Waals surface area contributed by atoms with Crippen LogP contribution >= 0.6 is 0 Å². The Morgan fingerprint density at radius 1 is 0.944 bits per heavy atom. The van der Waals surface area contributed by atoms with E-state index >= 15 is 0 Å². The van der Waals surface area contributed by atoms with E-state index in [0.29, 0.717) is 25.6 Å². The maximum absolute atomic E-state index is 11.8. The number of ether oxygens (including phenoxy) is 1. The van der Waals surface area contributed by atoms with Crippen LogP contribution in [0, 0.1) is 5.92 Å². The van der Waals surface area contributed by atoms with Crippen molar-refractivity contribution in [3.05, 3.63) is 72.1 Å². The lowest BCUT2D eigenvalue weighted by atomic mass is 9.92. The quantitative estimate of drug-likeness (QED) is 0.418. The molecule has 8 heteroatoms. The first kappa shape index (κ1) is 24.7. The van der Waals surface area contributed by atoms with Crippen LogP contribution in [-0.2, 0) is 23.0 Å². The van der Waals surface area contributed by atoms with Gasteiger partial charge in [0.2, 0.25) is 16.0 Å². The standard InChI is InChI=1S/C28H34N4O3S/c1-36(33,34)32-16-13-24-18-27(10-9-25(24)21-32)35-17-5-6-22-11-14-31(15-12-22)28-29-19-26(20-30-28)23-7-3-2-4-8-23/h2-4,7-10,18-20,22H,5-6,11-17,21H2,1H3. The molecule has 0 unspecified atom stereocenters. The number of piperidine rings is 1. The second kappa shape index (κ2) is 11.0. The van der Waals surface area contributed by atoms with Crippen LogP contribution < -0.4 is 9.64 Å². The molecule has 190 valence electrons. The van der Waals surface area contributed by atoms with Crippen molar-refractivity contribution in [1.82, 2.24) is 14.3 Å². The Bertz CT molecular complexity index is 1260. The minimum absolute atomic E-state index is 0.454. The largest absolute Gasteiger partial charge is 0.494 e. The van der Waals surface area contributed by atoms with Gasteiger partial charge < -0.3 is 9.64 Å². The van der Waals surface area contributed by atoms with Crippen molar-refractivity contribution in [2.75, 3.05) is 37.4 Å². The van der Waals surface area contributed by atoms with Gasteiger partial charge in [0.05, 0.1) is 12.9 Å². The molecule has 2 aliphatic rings. The summed E-state index contributed by atoms with van der Waals surface area (Å²) in [4.78, 5) is 11.5. The zero-order valence-electron chi connectivity index (χ0n) is 20.8. The zero-order chi connectivity index (χ0) is 25.0. The van der Waals surface area contributed by atoms with Gasteiger partial charge in [-0.3, -0.25) is 0 Å². The van der Waals surface area contributed by atoms with Crippen molar-refractivity contribution < 1.29 is 13.2 Å². The Labute approximate surface area is 214 Å². The average Bonchev–Trinajstić information content (AvgIpc) is 2.91. The Kier molecular flexibility index (Phi) is 7.53. The summed E-state index contributed by atoms with van der Waals surface area (Å²) in [6, 6.07) is 16.3. The van der Waals surface area contributed by atoms with Gasteiger partial charge >= 0.3 is 0 Å². The second-order valence-electron chi connectivity index (χ2n) is 9.84. The van der Waals surface area contributed by atoms with Gasteiger partial charge in [-0.15, -0.1) is 0 Å². The first-order chi connectivity index (χ1) is 17.5. The van der Waals surface area contributed by atoms with E-state index in [0.717, 1.165) is 73.6 Å². The van der Waals surface area contributed by atoms with Crippen molar-refractivity contribution in [2.45, 2.75) is 38.6 Å². The van der Waals surface area contributed by atoms with Gasteiger partial charge in [-0.25, -0.2) is 18.4 Å². The minimum atomic E-state index is -3.15. The molecule has 0 radical (unpaired) electrons. The van der Waals surface area contributed by atoms with Crippen LogP contribution in [-0.4, -0.2) is 55.2 Å². The molecule has 2 aliphatic heterocycles. The highest BCUT2D eigenvalue weighted by Gasteiger charge is 2.24. The summed E-state index contributed by atoms with van der Waals surface area (Å²) in [6.07, 6.45) is 10.3. The third-order valence-electron chi connectivity index (χ3n) is 7.29. The zero-order valence-corrected chi connectivity index (χ0v) is 21.7. The molecule has 3 aromatic rings. The van der Waals surface area contributed by atoms with Crippen LogP contribution in [0.25, 0.3) is 11.1 Å². The van der Waals surface area contributed by atoms with Crippen molar-refractivity contribution in [3.8, 4) is 16.9 Å². The molecule has 1 aromatic heterocycles. The lowest BCUT2D eigenvalue weighted by Crippen LogP contribution is -2.35. The molecule has 1 fully saturated rings. The molecular formula is C28H34N4O3S. The van der Waals surface area contributed by atoms with Crippen LogP contribution in [0.5, 0.6) is 5.75 Å². The van der Waals surface area contributed by atoms with Gasteiger partial charge in [0.15, 0.2) is 0 Å². The molecule has 7 nitrogen and oxygen atoms in total. The van der Waals surface area contributed by atoms with Gasteiger partial charge in [0, 0.05) is 44.1 Å². The number of nitrogens with zero attached hydrogens (tertiary/aromatic N) is 4. The number of hydrogen-bond acceptors (Lipinski definition) is 6. The molecule has 1 saturated heterocycles. The molecule has 0 atom stereocenters. The molecule has 0 spiro atoms. The third-order valence-corrected chi connectivity index (χ3v) is 8.54. The van der Waals surface area contributed by atoms with E-state index in [1.54, 1.807) is 0 Å². The Morgan fingerprint density at radius 3 is 2.42 bits per heavy atom. The fraction of sp³-hybridized carbons (Fsp3) is 0.429. The topological polar surface area (TPSA) is 75.6 Å². The predicted octanol–water partition coefficient (Wildman–Crippen LogP) is 4.54. The first-order valence-corrected chi connectivity index (χ1v) is 14.6. The Balaban J connectivity index is 1.04. The van der Waals surface area contributed by atoms with Gasteiger partial charge in [-0.2, -0.15) is 4.31 Å². The van der Waals surface area contributed by atoms with Crippen molar-refractivity contribution >= 4 is 16.0 Å². The number of benzene rings is 2. The highest BCUT2D eigenvalue weighted by molar-refractivity contribution is 7.88. The van der Waals surface area contributed by atoms with E-state index in [1.807, 2.05) is 42.7 Å². The molecule has 36 heavy (non-hydrogen) atoms. The molecule has 0 N–H and O–H groups in total. The number of hydrogen-bond donors (Lipinski definition) is 0. The molecule has 0 bridgehead atoms. The number of sulfonamides is 1. The van der Waals surface area contributed by atoms with Crippen LogP contribution in [0.15, 0.2) is 60.9 Å². The highest BCUT2D eigenvalue weighted by Crippen LogP contribution is 2.27. The van der Waals surface area contributed by atoms with E-state index in [9.17, 15) is 8.42 Å². The smallest absolute Gasteiger partial charge is 0.225 e. The van der Waals surface area contributed by atoms with E-state index < -0.39 is 10.0 Å². The van der Waals surface area contributed by atoms with E-state index in [1.165, 1.54) is 16.1 Å². The fourth-order valence-electron chi connectivity index (χ4n) is 5.12. The number of fused-ring (bicyclic) bond motifs is 1. The van der Waals surface area contributed by atoms with Crippen molar-refractivity contribution in [3.63, 3.8) is 0 Å². The normalized spacial score (nSPS) is 17.1. The molecule has 2 aromatic carbocycles. The number of aromatic nitrogens is 2. The van der Waals surface area contributed by atoms with Crippen LogP contribution in [0.1, 0.15) is 36.8 Å². The summed E-state index contributed by atoms with van der Waals surface area (Å²) in [7, 11) is -3.15. The minimum Gasteiger partial charge on any atom is -0.494 e. The summed E-state index contributed by atoms with van der Waals surface area (Å²) in [6.45, 7) is 3.68. The monoisotopic (exact) mass is 506 g/mol. The van der Waals surface area contributed by atoms with E-state index in [4.69, 9.17) is 4.74 Å². The molecule has 3 heterocycles. The average molecular weight is 507 g/mol. The van der Waals surface area contributed by atoms with E-state index in [-0.39, 0.29) is 0 Å². The van der Waals surface area contributed by atoms with Gasteiger partial charge in [-0.1, -0.05) is 36.4 Å². The molecule has 0 amide bonds. The van der Waals surface area contributed by atoms with E-state index in [2.05, 4.69) is 33.1 Å². The summed E-state index contributed by atoms with van der Waals surface area (Å²) in [5.74, 6) is 2.41. The maximum atomic E-state index is 11.8.